The SMILES string of the molecule is CC(C)(C)OC(=O)N(CCCc1cnc[nH]1)C(N)=NCCC(c1ccc(F)c(F)c1)c1ccccn1. The number of imidazole rings is 1. The fourth-order valence-electron chi connectivity index (χ4n) is 3.66. The molecule has 1 unspecified atom stereocenters. The number of nitrogens with one attached hydrogen (secondary N) is 1. The largest absolute Gasteiger partial charge is 0.443 e. The number of aromatic amines is 1. The molecule has 1 amide bonds. The topological polar surface area (TPSA) is 109 Å². The summed E-state index contributed by atoms with van der Waals surface area (Å²) in [5.74, 6) is -2.15. The monoisotopic (exact) mass is 498 g/mol. The van der Waals surface area contributed by atoms with Crippen molar-refractivity contribution in [2.24, 2.45) is 10.7 Å². The highest BCUT2D eigenvalue weighted by atomic mass is 19.2. The lowest BCUT2D eigenvalue weighted by Gasteiger charge is -2.27. The van der Waals surface area contributed by atoms with Gasteiger partial charge in [0.15, 0.2) is 11.6 Å². The number of aromatic nitrogens is 3. The molecule has 0 spiro atoms. The number of benzene rings is 1. The summed E-state index contributed by atoms with van der Waals surface area (Å²) in [5, 5.41) is 0. The number of carbonyl (C=O) groups excluding carboxylic acids is 1. The molecule has 0 fully saturated rings. The molecule has 1 atom stereocenters. The highest BCUT2D eigenvalue weighted by Gasteiger charge is 2.25. The van der Waals surface area contributed by atoms with E-state index in [0.717, 1.165) is 11.8 Å². The van der Waals surface area contributed by atoms with Gasteiger partial charge in [0, 0.05) is 42.8 Å². The van der Waals surface area contributed by atoms with Crippen molar-refractivity contribution in [1.82, 2.24) is 19.9 Å². The Labute approximate surface area is 209 Å². The second-order valence-corrected chi connectivity index (χ2v) is 9.32. The molecule has 0 aliphatic heterocycles. The Hall–Kier alpha value is -3.82. The number of H-pyrrole nitrogens is 1. The van der Waals surface area contributed by atoms with Gasteiger partial charge in [0.05, 0.1) is 6.33 Å². The van der Waals surface area contributed by atoms with Crippen LogP contribution in [0.15, 0.2) is 60.1 Å². The molecule has 3 rings (SSSR count). The molecular formula is C26H32F2N6O2. The third kappa shape index (κ3) is 7.86. The molecule has 2 heterocycles. The van der Waals surface area contributed by atoms with Gasteiger partial charge in [-0.15, -0.1) is 0 Å². The van der Waals surface area contributed by atoms with Crippen molar-refractivity contribution in [3.63, 3.8) is 0 Å². The molecule has 0 saturated carbocycles. The third-order valence-corrected chi connectivity index (χ3v) is 5.36. The first-order chi connectivity index (χ1) is 17.1. The molecular weight excluding hydrogens is 466 g/mol. The lowest BCUT2D eigenvalue weighted by atomic mass is 9.92. The number of hydrogen-bond donors (Lipinski definition) is 2. The smallest absolute Gasteiger partial charge is 0.417 e. The summed E-state index contributed by atoms with van der Waals surface area (Å²) in [6.07, 6.45) is 6.08. The maximum atomic E-state index is 13.9. The predicted octanol–water partition coefficient (Wildman–Crippen LogP) is 4.79. The number of carbonyl (C=O) groups is 1. The lowest BCUT2D eigenvalue weighted by molar-refractivity contribution is 0.0366. The molecule has 0 saturated heterocycles. The number of guanidine groups is 1. The van der Waals surface area contributed by atoms with Crippen LogP contribution in [0.2, 0.25) is 0 Å². The van der Waals surface area contributed by atoms with Crippen LogP contribution in [0, 0.1) is 11.6 Å². The van der Waals surface area contributed by atoms with Crippen molar-refractivity contribution in [3.05, 3.63) is 83.7 Å². The van der Waals surface area contributed by atoms with Gasteiger partial charge in [0.25, 0.3) is 0 Å². The van der Waals surface area contributed by atoms with Crippen molar-refractivity contribution >= 4 is 12.1 Å². The number of halogens is 2. The van der Waals surface area contributed by atoms with E-state index < -0.39 is 23.3 Å². The molecule has 0 radical (unpaired) electrons. The van der Waals surface area contributed by atoms with Gasteiger partial charge in [-0.05, 0) is 69.9 Å². The maximum absolute atomic E-state index is 13.9. The zero-order chi connectivity index (χ0) is 26.1. The number of amides is 1. The highest BCUT2D eigenvalue weighted by Crippen LogP contribution is 2.28. The molecule has 1 aromatic carbocycles. The van der Waals surface area contributed by atoms with E-state index in [0.29, 0.717) is 37.1 Å². The third-order valence-electron chi connectivity index (χ3n) is 5.36. The number of aliphatic imine (C=N–C) groups is 1. The number of nitrogens with zero attached hydrogens (tertiary/aromatic N) is 4. The Bertz CT molecular complexity index is 1150. The maximum Gasteiger partial charge on any atom is 0.417 e. The number of aryl methyl sites for hydroxylation is 1. The first kappa shape index (κ1) is 26.8. The number of nitrogens with two attached hydrogens (primary N) is 1. The van der Waals surface area contributed by atoms with E-state index in [-0.39, 0.29) is 18.4 Å². The number of ether oxygens (including phenoxy) is 1. The summed E-state index contributed by atoms with van der Waals surface area (Å²) < 4.78 is 33.0. The van der Waals surface area contributed by atoms with Crippen LogP contribution in [0.3, 0.4) is 0 Å². The van der Waals surface area contributed by atoms with Crippen molar-refractivity contribution < 1.29 is 18.3 Å². The van der Waals surface area contributed by atoms with Gasteiger partial charge < -0.3 is 15.5 Å². The van der Waals surface area contributed by atoms with Crippen molar-refractivity contribution in [3.8, 4) is 0 Å². The summed E-state index contributed by atoms with van der Waals surface area (Å²) in [6.45, 7) is 5.86. The van der Waals surface area contributed by atoms with Crippen molar-refractivity contribution in [1.29, 1.82) is 0 Å². The van der Waals surface area contributed by atoms with E-state index in [4.69, 9.17) is 10.5 Å². The zero-order valence-corrected chi connectivity index (χ0v) is 20.7. The molecule has 36 heavy (non-hydrogen) atoms. The first-order valence-electron chi connectivity index (χ1n) is 11.8. The van der Waals surface area contributed by atoms with Crippen LogP contribution in [0.5, 0.6) is 0 Å². The minimum atomic E-state index is -0.926. The molecule has 3 aromatic rings. The standard InChI is InChI=1S/C26H32F2N6O2/c1-26(2,3)36-25(35)34(14-6-7-19-16-30-17-33-19)24(29)32-13-11-20(23-8-4-5-12-31-23)18-9-10-21(27)22(28)15-18/h4-5,8-10,12,15-17,20H,6-7,11,13-14H2,1-3H3,(H2,29,32)(H,30,33). The highest BCUT2D eigenvalue weighted by molar-refractivity contribution is 5.93. The molecule has 10 heteroatoms. The van der Waals surface area contributed by atoms with Gasteiger partial charge >= 0.3 is 6.09 Å². The Morgan fingerprint density at radius 3 is 2.67 bits per heavy atom. The Morgan fingerprint density at radius 1 is 1.22 bits per heavy atom. The molecule has 0 aliphatic rings. The molecule has 0 aliphatic carbocycles. The van der Waals surface area contributed by atoms with E-state index in [1.54, 1.807) is 45.6 Å². The second-order valence-electron chi connectivity index (χ2n) is 9.32. The number of rotatable bonds is 9. The van der Waals surface area contributed by atoms with Gasteiger partial charge in [0.1, 0.15) is 5.60 Å². The summed E-state index contributed by atoms with van der Waals surface area (Å²) >= 11 is 0. The lowest BCUT2D eigenvalue weighted by Crippen LogP contribution is -2.45. The Morgan fingerprint density at radius 2 is 2.03 bits per heavy atom. The normalized spacial score (nSPS) is 12.9. The molecule has 0 bridgehead atoms. The van der Waals surface area contributed by atoms with E-state index in [2.05, 4.69) is 19.9 Å². The van der Waals surface area contributed by atoms with Crippen LogP contribution in [-0.4, -0.2) is 50.6 Å². The molecule has 8 nitrogen and oxygen atoms in total. The van der Waals surface area contributed by atoms with Crippen LogP contribution < -0.4 is 5.73 Å². The van der Waals surface area contributed by atoms with Crippen molar-refractivity contribution in [2.45, 2.75) is 51.6 Å². The van der Waals surface area contributed by atoms with E-state index in [1.807, 2.05) is 12.1 Å². The average molecular weight is 499 g/mol. The Kier molecular flexibility index (Phi) is 9.10. The van der Waals surface area contributed by atoms with Crippen LogP contribution in [0.1, 0.15) is 56.5 Å². The van der Waals surface area contributed by atoms with Gasteiger partial charge in [0.2, 0.25) is 5.96 Å². The summed E-state index contributed by atoms with van der Waals surface area (Å²) in [4.78, 5) is 30.0. The minimum Gasteiger partial charge on any atom is -0.443 e. The fourth-order valence-corrected chi connectivity index (χ4v) is 3.66. The average Bonchev–Trinajstić information content (AvgIpc) is 3.34. The summed E-state index contributed by atoms with van der Waals surface area (Å²) in [6, 6.07) is 9.24. The fraction of sp³-hybridized carbons (Fsp3) is 0.385. The second kappa shape index (κ2) is 12.2. The number of hydrogen-bond acceptors (Lipinski definition) is 5. The van der Waals surface area contributed by atoms with Crippen LogP contribution >= 0.6 is 0 Å². The van der Waals surface area contributed by atoms with E-state index in [9.17, 15) is 13.6 Å². The molecule has 192 valence electrons. The van der Waals surface area contributed by atoms with Gasteiger partial charge in [-0.1, -0.05) is 12.1 Å². The van der Waals surface area contributed by atoms with E-state index in [1.165, 1.54) is 17.0 Å². The van der Waals surface area contributed by atoms with E-state index >= 15 is 0 Å². The summed E-state index contributed by atoms with van der Waals surface area (Å²) in [5.41, 5.74) is 7.75. The van der Waals surface area contributed by atoms with Gasteiger partial charge in [-0.3, -0.25) is 9.98 Å². The molecule has 3 N–H and O–H groups in total. The Balaban J connectivity index is 1.74. The summed E-state index contributed by atoms with van der Waals surface area (Å²) in [7, 11) is 0. The zero-order valence-electron chi connectivity index (χ0n) is 20.7. The minimum absolute atomic E-state index is 0.0268. The number of pyridine rings is 1. The predicted molar refractivity (Wildman–Crippen MR) is 133 cm³/mol. The van der Waals surface area contributed by atoms with Gasteiger partial charge in [-0.25, -0.2) is 23.5 Å². The van der Waals surface area contributed by atoms with Crippen LogP contribution in [-0.2, 0) is 11.2 Å². The van der Waals surface area contributed by atoms with Crippen molar-refractivity contribution in [2.75, 3.05) is 13.1 Å². The first-order valence-corrected chi connectivity index (χ1v) is 11.8. The van der Waals surface area contributed by atoms with Crippen LogP contribution in [0.4, 0.5) is 13.6 Å². The molecule has 2 aromatic heterocycles. The quantitative estimate of drug-likeness (QED) is 0.326. The van der Waals surface area contributed by atoms with Gasteiger partial charge in [-0.2, -0.15) is 0 Å². The van der Waals surface area contributed by atoms with Crippen LogP contribution in [0.25, 0.3) is 0 Å².